The highest BCUT2D eigenvalue weighted by Crippen LogP contribution is 2.49. The Morgan fingerprint density at radius 1 is 1.06 bits per heavy atom. The number of aromatic nitrogens is 3. The molecule has 3 heterocycles. The summed E-state index contributed by atoms with van der Waals surface area (Å²) in [6, 6.07) is 8.34. The number of carboxylic acid groups (broad SMARTS) is 1. The second-order valence-corrected chi connectivity index (χ2v) is 9.91. The van der Waals surface area contributed by atoms with Crippen molar-refractivity contribution in [3.05, 3.63) is 56.5 Å². The van der Waals surface area contributed by atoms with E-state index >= 15 is 0 Å². The summed E-state index contributed by atoms with van der Waals surface area (Å²) in [5, 5.41) is 21.4. The van der Waals surface area contributed by atoms with Crippen molar-refractivity contribution in [1.29, 1.82) is 0 Å². The number of nitrogens with one attached hydrogen (secondary N) is 1. The fraction of sp³-hybridized carbons (Fsp3) is 0.364. The molecule has 33 heavy (non-hydrogen) atoms. The number of amides is 2. The molecular weight excluding hydrogens is 489 g/mol. The minimum atomic E-state index is -0.918. The SMILES string of the molecule is O=C(O)N1CCC2(CC1)CN(C(=O)c1ccc3n[nH]nc3c1)C2Cc1c(Cl)cc(Cl)cc1Cl. The first-order chi connectivity index (χ1) is 15.8. The Bertz CT molecular complexity index is 1230. The van der Waals surface area contributed by atoms with Gasteiger partial charge in [0, 0.05) is 51.7 Å². The Morgan fingerprint density at radius 3 is 2.39 bits per heavy atom. The summed E-state index contributed by atoms with van der Waals surface area (Å²) in [6.45, 7) is 1.41. The zero-order valence-corrected chi connectivity index (χ0v) is 19.7. The van der Waals surface area contributed by atoms with Gasteiger partial charge in [-0.25, -0.2) is 4.79 Å². The molecule has 2 saturated heterocycles. The molecule has 3 aromatic rings. The topological polar surface area (TPSA) is 102 Å². The largest absolute Gasteiger partial charge is 0.465 e. The molecule has 2 aliphatic rings. The van der Waals surface area contributed by atoms with E-state index in [0.29, 0.717) is 70.6 Å². The maximum absolute atomic E-state index is 13.5. The number of hydrogen-bond donors (Lipinski definition) is 2. The van der Waals surface area contributed by atoms with Gasteiger partial charge in [0.25, 0.3) is 5.91 Å². The first kappa shape index (κ1) is 22.3. The molecule has 11 heteroatoms. The third-order valence-corrected chi connectivity index (χ3v) is 7.82. The molecule has 0 radical (unpaired) electrons. The van der Waals surface area contributed by atoms with Crippen LogP contribution in [0.1, 0.15) is 28.8 Å². The van der Waals surface area contributed by atoms with Crippen molar-refractivity contribution < 1.29 is 14.7 Å². The molecule has 1 unspecified atom stereocenters. The number of benzene rings is 2. The van der Waals surface area contributed by atoms with Crippen LogP contribution in [0.4, 0.5) is 4.79 Å². The molecule has 1 aromatic heterocycles. The lowest BCUT2D eigenvalue weighted by Crippen LogP contribution is -2.69. The Labute approximate surface area is 204 Å². The number of fused-ring (bicyclic) bond motifs is 1. The van der Waals surface area contributed by atoms with Crippen LogP contribution in [0.15, 0.2) is 30.3 Å². The van der Waals surface area contributed by atoms with E-state index in [4.69, 9.17) is 34.8 Å². The number of rotatable bonds is 3. The van der Waals surface area contributed by atoms with E-state index in [9.17, 15) is 14.7 Å². The normalized spacial score (nSPS) is 19.7. The van der Waals surface area contributed by atoms with Gasteiger partial charge in [0.1, 0.15) is 11.0 Å². The first-order valence-electron chi connectivity index (χ1n) is 10.5. The number of aromatic amines is 1. The van der Waals surface area contributed by atoms with Crippen molar-refractivity contribution in [2.45, 2.75) is 25.3 Å². The number of nitrogens with zero attached hydrogens (tertiary/aromatic N) is 4. The van der Waals surface area contributed by atoms with E-state index in [1.165, 1.54) is 4.90 Å². The summed E-state index contributed by atoms with van der Waals surface area (Å²) < 4.78 is 0. The van der Waals surface area contributed by atoms with Crippen LogP contribution < -0.4 is 0 Å². The van der Waals surface area contributed by atoms with E-state index in [0.717, 1.165) is 5.56 Å². The van der Waals surface area contributed by atoms with Gasteiger partial charge in [-0.05, 0) is 55.2 Å². The van der Waals surface area contributed by atoms with Crippen molar-refractivity contribution in [2.75, 3.05) is 19.6 Å². The fourth-order valence-corrected chi connectivity index (χ4v) is 6.02. The number of carbonyl (C=O) groups is 2. The van der Waals surface area contributed by atoms with Crippen LogP contribution in [0.3, 0.4) is 0 Å². The second kappa shape index (κ2) is 8.34. The van der Waals surface area contributed by atoms with Gasteiger partial charge in [-0.15, -0.1) is 0 Å². The first-order valence-corrected chi connectivity index (χ1v) is 11.6. The number of H-pyrrole nitrogens is 1. The Balaban J connectivity index is 1.46. The number of hydrogen-bond acceptors (Lipinski definition) is 4. The lowest BCUT2D eigenvalue weighted by Gasteiger charge is -2.60. The van der Waals surface area contributed by atoms with Crippen LogP contribution in [0.5, 0.6) is 0 Å². The lowest BCUT2D eigenvalue weighted by atomic mass is 9.63. The van der Waals surface area contributed by atoms with E-state index in [1.807, 2.05) is 4.90 Å². The summed E-state index contributed by atoms with van der Waals surface area (Å²) in [6.07, 6.45) is 0.871. The Hall–Kier alpha value is -2.55. The zero-order valence-electron chi connectivity index (χ0n) is 17.4. The van der Waals surface area contributed by atoms with Crippen LogP contribution in [0.2, 0.25) is 15.1 Å². The van der Waals surface area contributed by atoms with E-state index in [-0.39, 0.29) is 17.4 Å². The van der Waals surface area contributed by atoms with E-state index in [2.05, 4.69) is 15.4 Å². The van der Waals surface area contributed by atoms with Gasteiger partial charge in [0.05, 0.1) is 0 Å². The van der Waals surface area contributed by atoms with Crippen LogP contribution in [0.25, 0.3) is 11.0 Å². The molecule has 1 spiro atoms. The van der Waals surface area contributed by atoms with Crippen LogP contribution in [-0.2, 0) is 6.42 Å². The quantitative estimate of drug-likeness (QED) is 0.532. The number of halogens is 3. The van der Waals surface area contributed by atoms with Crippen LogP contribution in [-0.4, -0.2) is 68.0 Å². The van der Waals surface area contributed by atoms with Gasteiger partial charge in [-0.2, -0.15) is 15.4 Å². The van der Waals surface area contributed by atoms with Gasteiger partial charge in [0.15, 0.2) is 0 Å². The highest BCUT2D eigenvalue weighted by atomic mass is 35.5. The third kappa shape index (κ3) is 3.90. The molecule has 8 nitrogen and oxygen atoms in total. The van der Waals surface area contributed by atoms with Gasteiger partial charge in [0.2, 0.25) is 0 Å². The van der Waals surface area contributed by atoms with Gasteiger partial charge >= 0.3 is 6.09 Å². The highest BCUT2D eigenvalue weighted by molar-refractivity contribution is 6.39. The standard InChI is InChI=1S/C22H20Cl3N5O3/c23-13-8-15(24)14(16(25)9-13)10-19-22(3-5-29(6-4-22)21(32)33)11-30(19)20(31)12-1-2-17-18(7-12)27-28-26-17/h1-2,7-9,19H,3-6,10-11H2,(H,32,33)(H,26,27,28). The second-order valence-electron chi connectivity index (χ2n) is 8.66. The van der Waals surface area contributed by atoms with E-state index < -0.39 is 6.09 Å². The van der Waals surface area contributed by atoms with E-state index in [1.54, 1.807) is 30.3 Å². The lowest BCUT2D eigenvalue weighted by molar-refractivity contribution is -0.0834. The van der Waals surface area contributed by atoms with Crippen molar-refractivity contribution in [2.24, 2.45) is 5.41 Å². The minimum absolute atomic E-state index is 0.114. The molecule has 172 valence electrons. The number of piperidine rings is 1. The molecule has 1 atom stereocenters. The number of carbonyl (C=O) groups excluding carboxylic acids is 1. The summed E-state index contributed by atoms with van der Waals surface area (Å²) in [5.41, 5.74) is 2.35. The van der Waals surface area contributed by atoms with Crippen molar-refractivity contribution >= 4 is 57.8 Å². The maximum Gasteiger partial charge on any atom is 0.407 e. The number of likely N-dealkylation sites (tertiary alicyclic amines) is 2. The van der Waals surface area contributed by atoms with Gasteiger partial charge in [-0.3, -0.25) is 4.79 Å². The van der Waals surface area contributed by atoms with Gasteiger partial charge in [-0.1, -0.05) is 34.8 Å². The Morgan fingerprint density at radius 2 is 1.73 bits per heavy atom. The molecule has 5 rings (SSSR count). The monoisotopic (exact) mass is 507 g/mol. The minimum Gasteiger partial charge on any atom is -0.465 e. The van der Waals surface area contributed by atoms with Crippen LogP contribution in [0, 0.1) is 5.41 Å². The van der Waals surface area contributed by atoms with Crippen molar-refractivity contribution in [3.63, 3.8) is 0 Å². The third-order valence-electron chi connectivity index (χ3n) is 6.93. The molecule has 0 saturated carbocycles. The molecular formula is C22H20Cl3N5O3. The molecule has 2 aliphatic heterocycles. The predicted octanol–water partition coefficient (Wildman–Crippen LogP) is 4.75. The highest BCUT2D eigenvalue weighted by Gasteiger charge is 2.55. The molecule has 2 N–H and O–H groups in total. The summed E-state index contributed by atoms with van der Waals surface area (Å²) in [7, 11) is 0. The maximum atomic E-state index is 13.5. The molecule has 0 bridgehead atoms. The van der Waals surface area contributed by atoms with Crippen molar-refractivity contribution in [1.82, 2.24) is 25.2 Å². The van der Waals surface area contributed by atoms with Crippen LogP contribution >= 0.6 is 34.8 Å². The summed E-state index contributed by atoms with van der Waals surface area (Å²) in [4.78, 5) is 28.2. The smallest absolute Gasteiger partial charge is 0.407 e. The summed E-state index contributed by atoms with van der Waals surface area (Å²) in [5.74, 6) is -0.114. The molecule has 2 fully saturated rings. The molecule has 2 amide bonds. The van der Waals surface area contributed by atoms with Gasteiger partial charge < -0.3 is 14.9 Å². The summed E-state index contributed by atoms with van der Waals surface area (Å²) >= 11 is 19.0. The zero-order chi connectivity index (χ0) is 23.3. The Kier molecular flexibility index (Phi) is 5.63. The average Bonchev–Trinajstić information content (AvgIpc) is 3.24. The average molecular weight is 509 g/mol. The molecule has 0 aliphatic carbocycles. The predicted molar refractivity (Wildman–Crippen MR) is 125 cm³/mol. The molecule has 2 aromatic carbocycles. The fourth-order valence-electron chi connectivity index (χ4n) is 5.05. The van der Waals surface area contributed by atoms with Crippen molar-refractivity contribution in [3.8, 4) is 0 Å².